The summed E-state index contributed by atoms with van der Waals surface area (Å²) in [4.78, 5) is 28.5. The maximum absolute atomic E-state index is 12.6. The molecule has 0 aromatic carbocycles. The molecule has 1 saturated carbocycles. The third kappa shape index (κ3) is 3.17. The Kier molecular flexibility index (Phi) is 4.27. The van der Waals surface area contributed by atoms with Gasteiger partial charge >= 0.3 is 0 Å². The second kappa shape index (κ2) is 6.58. The van der Waals surface area contributed by atoms with Gasteiger partial charge in [-0.25, -0.2) is 15.0 Å². The quantitative estimate of drug-likeness (QED) is 0.862. The lowest BCUT2D eigenvalue weighted by Gasteiger charge is -2.36. The maximum atomic E-state index is 12.6. The van der Waals surface area contributed by atoms with Gasteiger partial charge in [-0.1, -0.05) is 6.42 Å². The molecule has 6 nitrogen and oxygen atoms in total. The molecule has 2 aliphatic rings. The van der Waals surface area contributed by atoms with Gasteiger partial charge in [0.05, 0.1) is 0 Å². The normalized spacial score (nSPS) is 21.2. The molecule has 0 spiro atoms. The molecule has 1 aliphatic heterocycles. The van der Waals surface area contributed by atoms with Gasteiger partial charge in [0.2, 0.25) is 5.91 Å². The first-order valence-corrected chi connectivity index (χ1v) is 9.24. The molecule has 0 radical (unpaired) electrons. The van der Waals surface area contributed by atoms with Crippen molar-refractivity contribution >= 4 is 5.91 Å². The van der Waals surface area contributed by atoms with E-state index in [1.165, 1.54) is 6.42 Å². The Morgan fingerprint density at radius 3 is 2.72 bits per heavy atom. The molecule has 4 rings (SSSR count). The molecular weight excluding hydrogens is 314 g/mol. The standard InChI is InChI=1S/C19H25N5O/c1-13-11-16(18-20-8-10-23(18)2)22-17(21-13)15-7-4-9-24(12-15)19(25)14-5-3-6-14/h8,10-11,14-15H,3-7,9,12H2,1-2H3. The lowest BCUT2D eigenvalue weighted by molar-refractivity contribution is -0.139. The molecule has 3 heterocycles. The summed E-state index contributed by atoms with van der Waals surface area (Å²) < 4.78 is 1.97. The summed E-state index contributed by atoms with van der Waals surface area (Å²) in [6, 6.07) is 1.98. The van der Waals surface area contributed by atoms with Crippen molar-refractivity contribution in [3.05, 3.63) is 30.0 Å². The summed E-state index contributed by atoms with van der Waals surface area (Å²) >= 11 is 0. The number of likely N-dealkylation sites (tertiary alicyclic amines) is 1. The average Bonchev–Trinajstić information content (AvgIpc) is 2.99. The zero-order valence-electron chi connectivity index (χ0n) is 15.0. The van der Waals surface area contributed by atoms with Crippen molar-refractivity contribution in [3.8, 4) is 11.5 Å². The van der Waals surface area contributed by atoms with Crippen LogP contribution in [0.25, 0.3) is 11.5 Å². The molecule has 25 heavy (non-hydrogen) atoms. The largest absolute Gasteiger partial charge is 0.342 e. The van der Waals surface area contributed by atoms with E-state index < -0.39 is 0 Å². The number of aromatic nitrogens is 4. The zero-order valence-corrected chi connectivity index (χ0v) is 15.0. The van der Waals surface area contributed by atoms with E-state index in [0.717, 1.165) is 61.8 Å². The van der Waals surface area contributed by atoms with Crippen LogP contribution in [0.15, 0.2) is 18.5 Å². The van der Waals surface area contributed by atoms with Crippen LogP contribution in [-0.2, 0) is 11.8 Å². The van der Waals surface area contributed by atoms with E-state index in [0.29, 0.717) is 5.91 Å². The van der Waals surface area contributed by atoms with Gasteiger partial charge in [-0.2, -0.15) is 0 Å². The minimum atomic E-state index is 0.219. The van der Waals surface area contributed by atoms with E-state index in [-0.39, 0.29) is 11.8 Å². The maximum Gasteiger partial charge on any atom is 0.225 e. The predicted octanol–water partition coefficient (Wildman–Crippen LogP) is 2.69. The Hall–Kier alpha value is -2.24. The van der Waals surface area contributed by atoms with Crippen LogP contribution in [-0.4, -0.2) is 43.4 Å². The molecule has 6 heteroatoms. The second-order valence-corrected chi connectivity index (χ2v) is 7.37. The van der Waals surface area contributed by atoms with Gasteiger partial charge in [-0.15, -0.1) is 0 Å². The average molecular weight is 339 g/mol. The number of carbonyl (C=O) groups excluding carboxylic acids is 1. The number of piperidine rings is 1. The minimum absolute atomic E-state index is 0.219. The van der Waals surface area contributed by atoms with Crippen molar-refractivity contribution in [1.82, 2.24) is 24.4 Å². The Bertz CT molecular complexity index is 780. The molecule has 1 aliphatic carbocycles. The van der Waals surface area contributed by atoms with Gasteiger partial charge in [0.25, 0.3) is 0 Å². The molecule has 2 aromatic heterocycles. The van der Waals surface area contributed by atoms with E-state index in [1.54, 1.807) is 6.20 Å². The minimum Gasteiger partial charge on any atom is -0.342 e. The van der Waals surface area contributed by atoms with E-state index >= 15 is 0 Å². The third-order valence-corrected chi connectivity index (χ3v) is 5.47. The summed E-state index contributed by atoms with van der Waals surface area (Å²) in [6.45, 7) is 3.63. The van der Waals surface area contributed by atoms with Crippen molar-refractivity contribution in [2.75, 3.05) is 13.1 Å². The molecule has 132 valence electrons. The Morgan fingerprint density at radius 1 is 1.20 bits per heavy atom. The molecule has 2 fully saturated rings. The van der Waals surface area contributed by atoms with Crippen LogP contribution in [0.2, 0.25) is 0 Å². The topological polar surface area (TPSA) is 63.9 Å². The van der Waals surface area contributed by atoms with Crippen molar-refractivity contribution in [3.63, 3.8) is 0 Å². The Labute approximate surface area is 148 Å². The van der Waals surface area contributed by atoms with Crippen LogP contribution in [0.1, 0.15) is 49.5 Å². The highest BCUT2D eigenvalue weighted by molar-refractivity contribution is 5.79. The summed E-state index contributed by atoms with van der Waals surface area (Å²) in [5.41, 5.74) is 1.81. The van der Waals surface area contributed by atoms with Crippen molar-refractivity contribution in [2.45, 2.75) is 44.9 Å². The SMILES string of the molecule is Cc1cc(-c2nccn2C)nc(C2CCCN(C(=O)C3CCC3)C2)n1. The van der Waals surface area contributed by atoms with Crippen LogP contribution in [0.3, 0.4) is 0 Å². The number of carbonyl (C=O) groups is 1. The van der Waals surface area contributed by atoms with Crippen molar-refractivity contribution in [2.24, 2.45) is 13.0 Å². The first-order valence-electron chi connectivity index (χ1n) is 9.24. The van der Waals surface area contributed by atoms with Gasteiger partial charge in [-0.3, -0.25) is 4.79 Å². The van der Waals surface area contributed by atoms with E-state index in [1.807, 2.05) is 35.7 Å². The van der Waals surface area contributed by atoms with E-state index in [2.05, 4.69) is 9.97 Å². The molecule has 1 atom stereocenters. The van der Waals surface area contributed by atoms with Crippen LogP contribution < -0.4 is 0 Å². The number of amides is 1. The van der Waals surface area contributed by atoms with Crippen LogP contribution >= 0.6 is 0 Å². The number of hydrogen-bond acceptors (Lipinski definition) is 4. The summed E-state index contributed by atoms with van der Waals surface area (Å²) in [6.07, 6.45) is 9.09. The fourth-order valence-corrected chi connectivity index (χ4v) is 3.80. The number of aryl methyl sites for hydroxylation is 2. The lowest BCUT2D eigenvalue weighted by atomic mass is 9.83. The fraction of sp³-hybridized carbons (Fsp3) is 0.579. The van der Waals surface area contributed by atoms with E-state index in [4.69, 9.17) is 4.98 Å². The van der Waals surface area contributed by atoms with Gasteiger partial charge in [0.1, 0.15) is 11.5 Å². The molecular formula is C19H25N5O. The first-order chi connectivity index (χ1) is 12.1. The van der Waals surface area contributed by atoms with Crippen molar-refractivity contribution in [1.29, 1.82) is 0 Å². The van der Waals surface area contributed by atoms with Crippen LogP contribution in [0.4, 0.5) is 0 Å². The molecule has 1 saturated heterocycles. The fourth-order valence-electron chi connectivity index (χ4n) is 3.80. The molecule has 0 bridgehead atoms. The first kappa shape index (κ1) is 16.2. The third-order valence-electron chi connectivity index (χ3n) is 5.47. The summed E-state index contributed by atoms with van der Waals surface area (Å²) in [7, 11) is 1.97. The highest BCUT2D eigenvalue weighted by Gasteiger charge is 2.33. The monoisotopic (exact) mass is 339 g/mol. The lowest BCUT2D eigenvalue weighted by Crippen LogP contribution is -2.44. The van der Waals surface area contributed by atoms with Crippen molar-refractivity contribution < 1.29 is 4.79 Å². The van der Waals surface area contributed by atoms with Gasteiger partial charge in [0.15, 0.2) is 5.82 Å². The number of imidazole rings is 1. The number of rotatable bonds is 3. The molecule has 0 N–H and O–H groups in total. The highest BCUT2D eigenvalue weighted by Crippen LogP contribution is 2.32. The Balaban J connectivity index is 1.57. The summed E-state index contributed by atoms with van der Waals surface area (Å²) in [5, 5.41) is 0. The van der Waals surface area contributed by atoms with Crippen LogP contribution in [0, 0.1) is 12.8 Å². The van der Waals surface area contributed by atoms with E-state index in [9.17, 15) is 4.79 Å². The summed E-state index contributed by atoms with van der Waals surface area (Å²) in [5.74, 6) is 2.53. The number of hydrogen-bond donors (Lipinski definition) is 0. The second-order valence-electron chi connectivity index (χ2n) is 7.37. The molecule has 1 amide bonds. The Morgan fingerprint density at radius 2 is 2.04 bits per heavy atom. The van der Waals surface area contributed by atoms with Gasteiger partial charge < -0.3 is 9.47 Å². The smallest absolute Gasteiger partial charge is 0.225 e. The predicted molar refractivity (Wildman–Crippen MR) is 94.9 cm³/mol. The highest BCUT2D eigenvalue weighted by atomic mass is 16.2. The van der Waals surface area contributed by atoms with Gasteiger partial charge in [-0.05, 0) is 38.7 Å². The zero-order chi connectivity index (χ0) is 17.4. The number of nitrogens with zero attached hydrogens (tertiary/aromatic N) is 5. The molecule has 2 aromatic rings. The van der Waals surface area contributed by atoms with Crippen LogP contribution in [0.5, 0.6) is 0 Å². The molecule has 1 unspecified atom stereocenters. The van der Waals surface area contributed by atoms with Gasteiger partial charge in [0, 0.05) is 50.1 Å².